The van der Waals surface area contributed by atoms with Crippen molar-refractivity contribution in [3.05, 3.63) is 64.4 Å². The number of hydrogen-bond donors (Lipinski definition) is 0. The number of sulfonamides is 1. The fraction of sp³-hybridized carbons (Fsp3) is 0.385. The highest BCUT2D eigenvalue weighted by Crippen LogP contribution is 2.35. The fourth-order valence-electron chi connectivity index (χ4n) is 4.48. The Kier molecular flexibility index (Phi) is 8.20. The lowest BCUT2D eigenvalue weighted by Gasteiger charge is -2.22. The summed E-state index contributed by atoms with van der Waals surface area (Å²) in [7, 11) is -3.70. The van der Waals surface area contributed by atoms with Gasteiger partial charge in [-0.15, -0.1) is 0 Å². The van der Waals surface area contributed by atoms with Gasteiger partial charge in [-0.25, -0.2) is 13.1 Å². The number of alkyl halides is 3. The van der Waals surface area contributed by atoms with E-state index in [0.29, 0.717) is 30.0 Å². The summed E-state index contributed by atoms with van der Waals surface area (Å²) in [5.41, 5.74) is 1.51. The number of nitrogens with zero attached hydrogens (tertiary/aromatic N) is 5. The molecule has 0 saturated carbocycles. The van der Waals surface area contributed by atoms with Crippen molar-refractivity contribution < 1.29 is 21.6 Å². The second-order valence-corrected chi connectivity index (χ2v) is 11.2. The van der Waals surface area contributed by atoms with Crippen LogP contribution in [0.25, 0.3) is 5.69 Å². The topological polar surface area (TPSA) is 70.8 Å². The van der Waals surface area contributed by atoms with Crippen LogP contribution in [0.1, 0.15) is 43.5 Å². The van der Waals surface area contributed by atoms with E-state index in [2.05, 4.69) is 15.0 Å². The molecule has 1 aliphatic heterocycles. The number of rotatable bonds is 8. The summed E-state index contributed by atoms with van der Waals surface area (Å²) >= 11 is 6.56. The Morgan fingerprint density at radius 2 is 1.79 bits per heavy atom. The highest BCUT2D eigenvalue weighted by molar-refractivity contribution is 7.89. The van der Waals surface area contributed by atoms with Crippen LogP contribution in [0.2, 0.25) is 5.15 Å². The van der Waals surface area contributed by atoms with Crippen LogP contribution in [0.3, 0.4) is 0 Å². The molecule has 0 radical (unpaired) electrons. The van der Waals surface area contributed by atoms with E-state index in [1.165, 1.54) is 27.3 Å². The molecule has 0 amide bonds. The van der Waals surface area contributed by atoms with Crippen molar-refractivity contribution in [1.82, 2.24) is 14.1 Å². The monoisotopic (exact) mass is 567 g/mol. The summed E-state index contributed by atoms with van der Waals surface area (Å²) in [4.78, 5) is 6.92. The molecule has 4 rings (SSSR count). The van der Waals surface area contributed by atoms with E-state index in [9.17, 15) is 21.6 Å². The Bertz CT molecular complexity index is 1440. The lowest BCUT2D eigenvalue weighted by atomic mass is 10.2. The Labute approximate surface area is 225 Å². The maximum atomic E-state index is 13.2. The average Bonchev–Trinajstić information content (AvgIpc) is 3.51. The molecule has 2 heterocycles. The number of benzene rings is 2. The van der Waals surface area contributed by atoms with Crippen molar-refractivity contribution in [2.45, 2.75) is 44.7 Å². The third-order valence-electron chi connectivity index (χ3n) is 6.54. The zero-order valence-electron chi connectivity index (χ0n) is 21.3. The Morgan fingerprint density at radius 1 is 1.11 bits per heavy atom. The zero-order chi connectivity index (χ0) is 27.7. The van der Waals surface area contributed by atoms with Crippen LogP contribution in [0.5, 0.6) is 0 Å². The normalized spacial score (nSPS) is 14.8. The summed E-state index contributed by atoms with van der Waals surface area (Å²) in [6, 6.07) is 9.67. The van der Waals surface area contributed by atoms with Gasteiger partial charge in [-0.3, -0.25) is 4.99 Å². The highest BCUT2D eigenvalue weighted by atomic mass is 35.5. The molecule has 0 spiro atoms. The van der Waals surface area contributed by atoms with Crippen LogP contribution in [0.4, 0.5) is 24.5 Å². The molecule has 1 aromatic heterocycles. The van der Waals surface area contributed by atoms with Crippen LogP contribution in [-0.4, -0.2) is 54.9 Å². The molecule has 12 heteroatoms. The smallest absolute Gasteiger partial charge is 0.370 e. The molecule has 0 atom stereocenters. The van der Waals surface area contributed by atoms with Gasteiger partial charge in [-0.2, -0.15) is 22.6 Å². The summed E-state index contributed by atoms with van der Waals surface area (Å²) in [5, 5.41) is 4.43. The molecular formula is C26H29ClF3N5O2S. The quantitative estimate of drug-likeness (QED) is 0.302. The standard InChI is InChI=1S/C26H29ClF3N5O2S/c1-4-34(5-2)38(36,37)21-11-12-24(33-13-6-7-14-33)23(16-21)31-17-22-18(3)32-35(25(22)27)20-10-8-9-19(15-20)26(28,29)30/h8-12,15-17H,4-7,13-14H2,1-3H3. The van der Waals surface area contributed by atoms with E-state index < -0.39 is 21.8 Å². The van der Waals surface area contributed by atoms with E-state index in [1.807, 2.05) is 0 Å². The average molecular weight is 568 g/mol. The van der Waals surface area contributed by atoms with Crippen LogP contribution in [-0.2, 0) is 16.2 Å². The molecule has 7 nitrogen and oxygen atoms in total. The minimum atomic E-state index is -4.50. The van der Waals surface area contributed by atoms with Crippen LogP contribution < -0.4 is 4.90 Å². The molecule has 1 aliphatic rings. The van der Waals surface area contributed by atoms with Gasteiger partial charge in [0.1, 0.15) is 5.15 Å². The van der Waals surface area contributed by atoms with Gasteiger partial charge in [-0.1, -0.05) is 31.5 Å². The van der Waals surface area contributed by atoms with Gasteiger partial charge in [-0.05, 0) is 56.2 Å². The first-order valence-corrected chi connectivity index (χ1v) is 14.1. The molecule has 0 unspecified atom stereocenters. The van der Waals surface area contributed by atoms with E-state index >= 15 is 0 Å². The van der Waals surface area contributed by atoms with E-state index in [1.54, 1.807) is 39.0 Å². The minimum absolute atomic E-state index is 0.0974. The van der Waals surface area contributed by atoms with Crippen molar-refractivity contribution in [2.75, 3.05) is 31.1 Å². The van der Waals surface area contributed by atoms with E-state index in [-0.39, 0.29) is 15.7 Å². The highest BCUT2D eigenvalue weighted by Gasteiger charge is 2.31. The number of aryl methyl sites for hydroxylation is 1. The predicted molar refractivity (Wildman–Crippen MR) is 144 cm³/mol. The molecule has 0 N–H and O–H groups in total. The molecule has 2 aromatic carbocycles. The minimum Gasteiger partial charge on any atom is -0.370 e. The van der Waals surface area contributed by atoms with E-state index in [0.717, 1.165) is 43.8 Å². The number of halogens is 4. The maximum Gasteiger partial charge on any atom is 0.416 e. The fourth-order valence-corrected chi connectivity index (χ4v) is 6.28. The largest absolute Gasteiger partial charge is 0.416 e. The third kappa shape index (κ3) is 5.60. The zero-order valence-corrected chi connectivity index (χ0v) is 22.9. The molecular weight excluding hydrogens is 539 g/mol. The lowest BCUT2D eigenvalue weighted by Crippen LogP contribution is -2.30. The number of aromatic nitrogens is 2. The molecule has 3 aromatic rings. The number of hydrogen-bond acceptors (Lipinski definition) is 5. The number of anilines is 1. The van der Waals surface area contributed by atoms with Crippen LogP contribution in [0, 0.1) is 6.92 Å². The van der Waals surface area contributed by atoms with Gasteiger partial charge in [0.15, 0.2) is 0 Å². The van der Waals surface area contributed by atoms with Crippen LogP contribution in [0.15, 0.2) is 52.4 Å². The molecule has 1 saturated heterocycles. The molecule has 0 aliphatic carbocycles. The first-order valence-electron chi connectivity index (χ1n) is 12.3. The summed E-state index contributed by atoms with van der Waals surface area (Å²) in [6.07, 6.45) is -0.969. The second kappa shape index (κ2) is 11.1. The Balaban J connectivity index is 1.76. The lowest BCUT2D eigenvalue weighted by molar-refractivity contribution is -0.137. The van der Waals surface area contributed by atoms with Gasteiger partial charge in [0, 0.05) is 32.4 Å². The number of aliphatic imine (C=N–C) groups is 1. The maximum absolute atomic E-state index is 13.2. The summed E-state index contributed by atoms with van der Waals surface area (Å²) in [5.74, 6) is 0. The van der Waals surface area contributed by atoms with Crippen molar-refractivity contribution in [3.63, 3.8) is 0 Å². The molecule has 0 bridgehead atoms. The van der Waals surface area contributed by atoms with Gasteiger partial charge in [0.25, 0.3) is 0 Å². The van der Waals surface area contributed by atoms with Crippen molar-refractivity contribution >= 4 is 39.2 Å². The van der Waals surface area contributed by atoms with Gasteiger partial charge in [0.05, 0.1) is 38.8 Å². The predicted octanol–water partition coefficient (Wildman–Crippen LogP) is 6.23. The molecule has 1 fully saturated rings. The molecule has 204 valence electrons. The van der Waals surface area contributed by atoms with Crippen molar-refractivity contribution in [1.29, 1.82) is 0 Å². The van der Waals surface area contributed by atoms with E-state index in [4.69, 9.17) is 11.6 Å². The van der Waals surface area contributed by atoms with Gasteiger partial charge >= 0.3 is 6.18 Å². The first-order chi connectivity index (χ1) is 18.0. The summed E-state index contributed by atoms with van der Waals surface area (Å²) < 4.78 is 68.6. The Hall–Kier alpha value is -2.89. The van der Waals surface area contributed by atoms with Crippen molar-refractivity contribution in [2.24, 2.45) is 4.99 Å². The van der Waals surface area contributed by atoms with Gasteiger partial charge in [0.2, 0.25) is 10.0 Å². The SMILES string of the molecule is CCN(CC)S(=O)(=O)c1ccc(N2CCCC2)c(N=Cc2c(C)nn(-c3cccc(C(F)(F)F)c3)c2Cl)c1. The summed E-state index contributed by atoms with van der Waals surface area (Å²) in [6.45, 7) is 7.59. The second-order valence-electron chi connectivity index (χ2n) is 8.94. The van der Waals surface area contributed by atoms with Crippen molar-refractivity contribution in [3.8, 4) is 5.69 Å². The van der Waals surface area contributed by atoms with Gasteiger partial charge < -0.3 is 4.90 Å². The third-order valence-corrected chi connectivity index (χ3v) is 8.95. The Morgan fingerprint density at radius 3 is 2.42 bits per heavy atom. The first kappa shape index (κ1) is 28.1. The molecule has 38 heavy (non-hydrogen) atoms. The van der Waals surface area contributed by atoms with Crippen LogP contribution >= 0.6 is 11.6 Å².